The highest BCUT2D eigenvalue weighted by molar-refractivity contribution is 7.09. The number of nitrogens with one attached hydrogen (secondary N) is 2. The van der Waals surface area contributed by atoms with Gasteiger partial charge in [0.25, 0.3) is 0 Å². The largest absolute Gasteiger partial charge is 0.310 e. The van der Waals surface area contributed by atoms with E-state index in [1.54, 1.807) is 22.2 Å². The van der Waals surface area contributed by atoms with Crippen molar-refractivity contribution in [1.29, 1.82) is 0 Å². The maximum atomic E-state index is 12.1. The van der Waals surface area contributed by atoms with Gasteiger partial charge in [0.1, 0.15) is 10.8 Å². The Hall–Kier alpha value is -1.73. The summed E-state index contributed by atoms with van der Waals surface area (Å²) < 4.78 is 1.80. The fourth-order valence-corrected chi connectivity index (χ4v) is 2.93. The van der Waals surface area contributed by atoms with E-state index in [0.29, 0.717) is 0 Å². The minimum atomic E-state index is -0.333. The van der Waals surface area contributed by atoms with Gasteiger partial charge in [-0.2, -0.15) is 5.10 Å². The van der Waals surface area contributed by atoms with E-state index in [2.05, 4.69) is 27.6 Å². The number of hydrogen-bond donors (Lipinski definition) is 2. The SMILES string of the molecule is CCCn1nccc1NC(=O)CNC(C)(C)c1nc(C)cs1. The topological polar surface area (TPSA) is 71.8 Å². The number of amides is 1. The first-order chi connectivity index (χ1) is 10.4. The van der Waals surface area contributed by atoms with E-state index in [1.807, 2.05) is 32.2 Å². The van der Waals surface area contributed by atoms with Gasteiger partial charge >= 0.3 is 0 Å². The van der Waals surface area contributed by atoms with Crippen LogP contribution in [0.3, 0.4) is 0 Å². The molecule has 120 valence electrons. The zero-order chi connectivity index (χ0) is 16.2. The van der Waals surface area contributed by atoms with Crippen molar-refractivity contribution in [3.8, 4) is 0 Å². The molecule has 2 heterocycles. The van der Waals surface area contributed by atoms with Gasteiger partial charge in [-0.3, -0.25) is 10.1 Å². The summed E-state index contributed by atoms with van der Waals surface area (Å²) in [4.78, 5) is 16.6. The molecule has 2 N–H and O–H groups in total. The molecule has 0 spiro atoms. The molecule has 0 aliphatic carbocycles. The molecule has 6 nitrogen and oxygen atoms in total. The summed E-state index contributed by atoms with van der Waals surface area (Å²) in [5, 5.41) is 13.3. The molecule has 0 atom stereocenters. The quantitative estimate of drug-likeness (QED) is 0.822. The fourth-order valence-electron chi connectivity index (χ4n) is 2.03. The summed E-state index contributed by atoms with van der Waals surface area (Å²) in [5.74, 6) is 0.649. The number of aryl methyl sites for hydroxylation is 2. The van der Waals surface area contributed by atoms with Crippen LogP contribution in [0.4, 0.5) is 5.82 Å². The standard InChI is InChI=1S/C15H23N5OS/c1-5-8-20-12(6-7-17-20)19-13(21)9-16-15(3,4)14-18-11(2)10-22-14/h6-7,10,16H,5,8-9H2,1-4H3,(H,19,21). The Morgan fingerprint density at radius 2 is 2.23 bits per heavy atom. The predicted molar refractivity (Wildman–Crippen MR) is 89.0 cm³/mol. The summed E-state index contributed by atoms with van der Waals surface area (Å²) >= 11 is 1.60. The van der Waals surface area contributed by atoms with Crippen LogP contribution < -0.4 is 10.6 Å². The van der Waals surface area contributed by atoms with Gasteiger partial charge in [0, 0.05) is 23.7 Å². The lowest BCUT2D eigenvalue weighted by molar-refractivity contribution is -0.115. The van der Waals surface area contributed by atoms with Gasteiger partial charge in [0.15, 0.2) is 0 Å². The number of hydrogen-bond acceptors (Lipinski definition) is 5. The highest BCUT2D eigenvalue weighted by Gasteiger charge is 2.24. The number of thiazole rings is 1. The van der Waals surface area contributed by atoms with Crippen molar-refractivity contribution >= 4 is 23.1 Å². The van der Waals surface area contributed by atoms with Crippen molar-refractivity contribution in [2.24, 2.45) is 0 Å². The molecule has 1 amide bonds. The summed E-state index contributed by atoms with van der Waals surface area (Å²) in [6, 6.07) is 1.81. The molecular formula is C15H23N5OS. The Labute approximate surface area is 135 Å². The number of nitrogens with zero attached hydrogens (tertiary/aromatic N) is 3. The monoisotopic (exact) mass is 321 g/mol. The van der Waals surface area contributed by atoms with Crippen LogP contribution in [-0.4, -0.2) is 27.2 Å². The zero-order valence-electron chi connectivity index (χ0n) is 13.5. The van der Waals surface area contributed by atoms with Crippen LogP contribution in [0.5, 0.6) is 0 Å². The average molecular weight is 321 g/mol. The first-order valence-corrected chi connectivity index (χ1v) is 8.29. The third kappa shape index (κ3) is 4.14. The Balaban J connectivity index is 1.91. The molecule has 0 fully saturated rings. The van der Waals surface area contributed by atoms with Crippen molar-refractivity contribution in [2.75, 3.05) is 11.9 Å². The summed E-state index contributed by atoms with van der Waals surface area (Å²) in [7, 11) is 0. The fraction of sp³-hybridized carbons (Fsp3) is 0.533. The van der Waals surface area contributed by atoms with Crippen molar-refractivity contribution in [2.45, 2.75) is 46.2 Å². The van der Waals surface area contributed by atoms with Crippen molar-refractivity contribution in [3.05, 3.63) is 28.3 Å². The van der Waals surface area contributed by atoms with Crippen molar-refractivity contribution in [1.82, 2.24) is 20.1 Å². The van der Waals surface area contributed by atoms with Crippen molar-refractivity contribution in [3.63, 3.8) is 0 Å². The van der Waals surface area contributed by atoms with Gasteiger partial charge in [0.2, 0.25) is 5.91 Å². The molecule has 0 bridgehead atoms. The number of rotatable bonds is 7. The van der Waals surface area contributed by atoms with Crippen LogP contribution in [0, 0.1) is 6.92 Å². The van der Waals surface area contributed by atoms with Crippen LogP contribution in [0.1, 0.15) is 37.9 Å². The summed E-state index contributed by atoms with van der Waals surface area (Å²) in [5.41, 5.74) is 0.669. The van der Waals surface area contributed by atoms with Crippen LogP contribution in [0.25, 0.3) is 0 Å². The van der Waals surface area contributed by atoms with Gasteiger partial charge in [0.05, 0.1) is 18.3 Å². The second-order valence-electron chi connectivity index (χ2n) is 5.76. The zero-order valence-corrected chi connectivity index (χ0v) is 14.3. The third-order valence-corrected chi connectivity index (χ3v) is 4.55. The number of carbonyl (C=O) groups is 1. The van der Waals surface area contributed by atoms with E-state index in [0.717, 1.165) is 29.5 Å². The van der Waals surface area contributed by atoms with Gasteiger partial charge in [-0.1, -0.05) is 6.92 Å². The Morgan fingerprint density at radius 1 is 1.45 bits per heavy atom. The molecule has 0 radical (unpaired) electrons. The molecule has 0 aliphatic heterocycles. The first-order valence-electron chi connectivity index (χ1n) is 7.41. The van der Waals surface area contributed by atoms with E-state index in [4.69, 9.17) is 0 Å². The van der Waals surface area contributed by atoms with E-state index in [9.17, 15) is 4.79 Å². The minimum Gasteiger partial charge on any atom is -0.310 e. The number of aromatic nitrogens is 3. The molecule has 2 aromatic heterocycles. The normalized spacial score (nSPS) is 11.6. The Morgan fingerprint density at radius 3 is 2.86 bits per heavy atom. The Bertz CT molecular complexity index is 631. The molecule has 0 aliphatic rings. The molecular weight excluding hydrogens is 298 g/mol. The second-order valence-corrected chi connectivity index (χ2v) is 6.62. The smallest absolute Gasteiger partial charge is 0.239 e. The van der Waals surface area contributed by atoms with Gasteiger partial charge < -0.3 is 5.32 Å². The lowest BCUT2D eigenvalue weighted by Gasteiger charge is -2.23. The van der Waals surface area contributed by atoms with Gasteiger partial charge in [-0.15, -0.1) is 11.3 Å². The van der Waals surface area contributed by atoms with Crippen LogP contribution >= 0.6 is 11.3 Å². The third-order valence-electron chi connectivity index (χ3n) is 3.26. The molecule has 7 heteroatoms. The van der Waals surface area contributed by atoms with Crippen LogP contribution in [0.15, 0.2) is 17.6 Å². The molecule has 0 saturated heterocycles. The molecule has 0 unspecified atom stereocenters. The lowest BCUT2D eigenvalue weighted by atomic mass is 10.1. The molecule has 2 rings (SSSR count). The Kier molecular flexibility index (Phi) is 5.31. The van der Waals surface area contributed by atoms with Crippen LogP contribution in [0.2, 0.25) is 0 Å². The van der Waals surface area contributed by atoms with E-state index in [-0.39, 0.29) is 18.0 Å². The molecule has 0 aromatic carbocycles. The van der Waals surface area contributed by atoms with Crippen LogP contribution in [-0.2, 0) is 16.9 Å². The average Bonchev–Trinajstić information content (AvgIpc) is 3.07. The van der Waals surface area contributed by atoms with Gasteiger partial charge in [-0.05, 0) is 27.2 Å². The number of anilines is 1. The maximum Gasteiger partial charge on any atom is 0.239 e. The summed E-state index contributed by atoms with van der Waals surface area (Å²) in [6.07, 6.45) is 2.67. The first kappa shape index (κ1) is 16.6. The molecule has 22 heavy (non-hydrogen) atoms. The van der Waals surface area contributed by atoms with Gasteiger partial charge in [-0.25, -0.2) is 9.67 Å². The predicted octanol–water partition coefficient (Wildman–Crippen LogP) is 2.52. The highest BCUT2D eigenvalue weighted by Crippen LogP contribution is 2.23. The summed E-state index contributed by atoms with van der Waals surface area (Å²) in [6.45, 7) is 9.12. The van der Waals surface area contributed by atoms with E-state index in [1.165, 1.54) is 0 Å². The van der Waals surface area contributed by atoms with E-state index < -0.39 is 0 Å². The molecule has 0 saturated carbocycles. The highest BCUT2D eigenvalue weighted by atomic mass is 32.1. The van der Waals surface area contributed by atoms with Crippen molar-refractivity contribution < 1.29 is 4.79 Å². The number of carbonyl (C=O) groups excluding carboxylic acids is 1. The lowest BCUT2D eigenvalue weighted by Crippen LogP contribution is -2.41. The second kappa shape index (κ2) is 7.02. The van der Waals surface area contributed by atoms with E-state index >= 15 is 0 Å². The molecule has 2 aromatic rings. The minimum absolute atomic E-state index is 0.0841. The maximum absolute atomic E-state index is 12.1.